The Morgan fingerprint density at radius 3 is 2.35 bits per heavy atom. The van der Waals surface area contributed by atoms with Gasteiger partial charge in [-0.05, 0) is 39.0 Å². The van der Waals surface area contributed by atoms with E-state index in [4.69, 9.17) is 4.74 Å². The molecule has 98 valence electrons. The molecule has 0 aromatic rings. The number of hydrogen-bond acceptors (Lipinski definition) is 4. The van der Waals surface area contributed by atoms with E-state index in [9.17, 15) is 9.59 Å². The number of ether oxygens (including phenoxy) is 1. The van der Waals surface area contributed by atoms with Gasteiger partial charge >= 0.3 is 5.97 Å². The van der Waals surface area contributed by atoms with Gasteiger partial charge in [0.25, 0.3) is 0 Å². The number of carbonyl (C=O) groups excluding carboxylic acids is 2. The van der Waals surface area contributed by atoms with Gasteiger partial charge in [0.1, 0.15) is 5.60 Å². The van der Waals surface area contributed by atoms with Crippen molar-refractivity contribution in [2.24, 2.45) is 16.8 Å². The molecule has 0 N–H and O–H groups in total. The molecule has 0 amide bonds. The predicted molar refractivity (Wildman–Crippen MR) is 66.4 cm³/mol. The smallest absolute Gasteiger partial charge is 0.306 e. The summed E-state index contributed by atoms with van der Waals surface area (Å²) in [5.74, 6) is 0.292. The second-order valence-corrected chi connectivity index (χ2v) is 5.72. The second-order valence-electron chi connectivity index (χ2n) is 5.72. The van der Waals surface area contributed by atoms with Crippen molar-refractivity contribution in [3.05, 3.63) is 0 Å². The molecule has 0 aromatic carbocycles. The summed E-state index contributed by atoms with van der Waals surface area (Å²) >= 11 is 0. The summed E-state index contributed by atoms with van der Waals surface area (Å²) in [7, 11) is 0. The standard InChI is InChI=1S/C13H23NO3/c1-10(2)6-11(8-14-9-15)7-12(16)17-13(3,4)5/h10-11H,6-8H2,1-5H3/t11-/m0/s1. The molecule has 17 heavy (non-hydrogen) atoms. The molecular formula is C13H23NO3. The van der Waals surface area contributed by atoms with E-state index in [1.54, 1.807) is 0 Å². The number of esters is 1. The maximum atomic E-state index is 11.7. The first-order valence-corrected chi connectivity index (χ1v) is 6.00. The monoisotopic (exact) mass is 241 g/mol. The van der Waals surface area contributed by atoms with Crippen LogP contribution in [0, 0.1) is 11.8 Å². The molecule has 0 bridgehead atoms. The highest BCUT2D eigenvalue weighted by atomic mass is 16.6. The van der Waals surface area contributed by atoms with Crippen molar-refractivity contribution in [2.75, 3.05) is 6.54 Å². The van der Waals surface area contributed by atoms with Gasteiger partial charge in [0.15, 0.2) is 0 Å². The van der Waals surface area contributed by atoms with Gasteiger partial charge in [-0.1, -0.05) is 13.8 Å². The zero-order valence-corrected chi connectivity index (χ0v) is 11.4. The van der Waals surface area contributed by atoms with Crippen LogP contribution in [0.15, 0.2) is 4.99 Å². The van der Waals surface area contributed by atoms with Crippen molar-refractivity contribution in [1.29, 1.82) is 0 Å². The Morgan fingerprint density at radius 1 is 1.35 bits per heavy atom. The Balaban J connectivity index is 4.31. The normalized spacial score (nSPS) is 13.1. The molecule has 0 saturated heterocycles. The van der Waals surface area contributed by atoms with Gasteiger partial charge in [0.2, 0.25) is 6.08 Å². The fourth-order valence-electron chi connectivity index (χ4n) is 1.67. The molecule has 1 atom stereocenters. The minimum Gasteiger partial charge on any atom is -0.460 e. The molecule has 0 aliphatic carbocycles. The van der Waals surface area contributed by atoms with Crippen molar-refractivity contribution in [3.8, 4) is 0 Å². The van der Waals surface area contributed by atoms with E-state index < -0.39 is 5.60 Å². The van der Waals surface area contributed by atoms with Gasteiger partial charge in [-0.3, -0.25) is 4.79 Å². The zero-order valence-electron chi connectivity index (χ0n) is 11.4. The number of nitrogens with zero attached hydrogens (tertiary/aromatic N) is 1. The molecule has 0 aliphatic heterocycles. The Labute approximate surface area is 103 Å². The molecule has 4 nitrogen and oxygen atoms in total. The van der Waals surface area contributed by atoms with Crippen molar-refractivity contribution in [3.63, 3.8) is 0 Å². The van der Waals surface area contributed by atoms with Crippen LogP contribution in [-0.2, 0) is 14.3 Å². The highest BCUT2D eigenvalue weighted by Gasteiger charge is 2.21. The van der Waals surface area contributed by atoms with Crippen LogP contribution < -0.4 is 0 Å². The Bertz CT molecular complexity index is 286. The maximum Gasteiger partial charge on any atom is 0.306 e. The lowest BCUT2D eigenvalue weighted by Gasteiger charge is -2.22. The van der Waals surface area contributed by atoms with Crippen molar-refractivity contribution in [2.45, 2.75) is 53.1 Å². The van der Waals surface area contributed by atoms with E-state index in [1.807, 2.05) is 20.8 Å². The molecule has 0 spiro atoms. The Morgan fingerprint density at radius 2 is 1.94 bits per heavy atom. The van der Waals surface area contributed by atoms with E-state index >= 15 is 0 Å². The highest BCUT2D eigenvalue weighted by Crippen LogP contribution is 2.18. The SMILES string of the molecule is CC(C)C[C@H](CN=C=O)CC(=O)OC(C)(C)C. The third-order valence-corrected chi connectivity index (χ3v) is 2.09. The third-order valence-electron chi connectivity index (χ3n) is 2.09. The average Bonchev–Trinajstić information content (AvgIpc) is 2.09. The lowest BCUT2D eigenvalue weighted by molar-refractivity contribution is -0.156. The fraction of sp³-hybridized carbons (Fsp3) is 0.846. The molecule has 0 aromatic heterocycles. The van der Waals surface area contributed by atoms with Gasteiger partial charge < -0.3 is 4.74 Å². The van der Waals surface area contributed by atoms with Crippen molar-refractivity contribution in [1.82, 2.24) is 0 Å². The molecule has 4 heteroatoms. The van der Waals surface area contributed by atoms with Crippen LogP contribution in [0.4, 0.5) is 0 Å². The largest absolute Gasteiger partial charge is 0.460 e. The molecule has 0 heterocycles. The number of carbonyl (C=O) groups is 1. The van der Waals surface area contributed by atoms with Crippen molar-refractivity contribution >= 4 is 12.0 Å². The van der Waals surface area contributed by atoms with Gasteiger partial charge in [0.05, 0.1) is 13.0 Å². The summed E-state index contributed by atoms with van der Waals surface area (Å²) in [6.07, 6.45) is 2.67. The van der Waals surface area contributed by atoms with Crippen LogP contribution in [-0.4, -0.2) is 24.2 Å². The first-order chi connectivity index (χ1) is 7.74. The second kappa shape index (κ2) is 7.23. The summed E-state index contributed by atoms with van der Waals surface area (Å²) in [5, 5.41) is 0. The maximum absolute atomic E-state index is 11.7. The lowest BCUT2D eigenvalue weighted by Crippen LogP contribution is -2.26. The first-order valence-electron chi connectivity index (χ1n) is 6.00. The molecule has 0 rings (SSSR count). The molecule has 0 aliphatic rings. The molecule has 0 saturated carbocycles. The van der Waals surface area contributed by atoms with Crippen LogP contribution in [0.2, 0.25) is 0 Å². The summed E-state index contributed by atoms with van der Waals surface area (Å²) in [5.41, 5.74) is -0.465. The predicted octanol–water partition coefficient (Wildman–Crippen LogP) is 2.72. The highest BCUT2D eigenvalue weighted by molar-refractivity contribution is 5.70. The lowest BCUT2D eigenvalue weighted by atomic mass is 9.94. The van der Waals surface area contributed by atoms with Crippen LogP contribution in [0.25, 0.3) is 0 Å². The van der Waals surface area contributed by atoms with Gasteiger partial charge in [-0.25, -0.2) is 9.79 Å². The average molecular weight is 241 g/mol. The van der Waals surface area contributed by atoms with Crippen LogP contribution in [0.5, 0.6) is 0 Å². The summed E-state index contributed by atoms with van der Waals surface area (Å²) < 4.78 is 5.25. The Hall–Kier alpha value is -1.15. The summed E-state index contributed by atoms with van der Waals surface area (Å²) in [4.78, 5) is 25.3. The van der Waals surface area contributed by atoms with Gasteiger partial charge in [0, 0.05) is 0 Å². The summed E-state index contributed by atoms with van der Waals surface area (Å²) in [6.45, 7) is 10.0. The third kappa shape index (κ3) is 9.76. The minimum absolute atomic E-state index is 0.0614. The number of aliphatic imine (C=N–C) groups is 1. The molecule has 0 radical (unpaired) electrons. The van der Waals surface area contributed by atoms with Gasteiger partial charge in [-0.2, -0.15) is 0 Å². The summed E-state index contributed by atoms with van der Waals surface area (Å²) in [6, 6.07) is 0. The fourth-order valence-corrected chi connectivity index (χ4v) is 1.67. The number of rotatable bonds is 6. The van der Waals surface area contributed by atoms with E-state index in [-0.39, 0.29) is 11.9 Å². The van der Waals surface area contributed by atoms with Gasteiger partial charge in [-0.15, -0.1) is 0 Å². The van der Waals surface area contributed by atoms with Crippen LogP contribution >= 0.6 is 0 Å². The first kappa shape index (κ1) is 15.9. The zero-order chi connectivity index (χ0) is 13.5. The van der Waals surface area contributed by atoms with Crippen molar-refractivity contribution < 1.29 is 14.3 Å². The molecule has 0 fully saturated rings. The number of hydrogen-bond donors (Lipinski definition) is 0. The Kier molecular flexibility index (Phi) is 6.74. The molecule has 0 unspecified atom stereocenters. The molecular weight excluding hydrogens is 218 g/mol. The number of isocyanates is 1. The quantitative estimate of drug-likeness (QED) is 0.408. The van der Waals surface area contributed by atoms with Crippen LogP contribution in [0.3, 0.4) is 0 Å². The van der Waals surface area contributed by atoms with E-state index in [0.29, 0.717) is 18.9 Å². The van der Waals surface area contributed by atoms with E-state index in [2.05, 4.69) is 18.8 Å². The van der Waals surface area contributed by atoms with Crippen LogP contribution in [0.1, 0.15) is 47.5 Å². The van der Waals surface area contributed by atoms with E-state index in [1.165, 1.54) is 6.08 Å². The minimum atomic E-state index is -0.465. The topological polar surface area (TPSA) is 55.7 Å². The van der Waals surface area contributed by atoms with E-state index in [0.717, 1.165) is 6.42 Å².